The van der Waals surface area contributed by atoms with Gasteiger partial charge in [-0.05, 0) is 148 Å². The summed E-state index contributed by atoms with van der Waals surface area (Å²) in [6.07, 6.45) is 115. The van der Waals surface area contributed by atoms with E-state index in [2.05, 4.69) is 220 Å². The van der Waals surface area contributed by atoms with Gasteiger partial charge in [0.05, 0.1) is 34.4 Å². The molecule has 9 heteroatoms. The Morgan fingerprint density at radius 2 is 0.557 bits per heavy atom. The number of allylic oxidation sites excluding steroid dienone is 34. The highest BCUT2D eigenvalue weighted by atomic mass is 16.7. The summed E-state index contributed by atoms with van der Waals surface area (Å²) in [6, 6.07) is 0. The SMILES string of the molecule is CC/C=C\C/C=C\C/C=C\C/C=C\C/C=C\C/C=C\C/C=C\C/C=C\C/C=C\CCCCCC(=O)OC(COC(=O)CCCCCCCCCCCCCCCCCC/C=C\C/C=C\C/C=C\C/C=C\C/C=C\C/C=C\C/C=C\C/C=C\CC)COC(OCC[N+](C)(C)C)C(=O)O. The van der Waals surface area contributed by atoms with E-state index in [0.717, 1.165) is 148 Å². The molecule has 0 aliphatic rings. The quantitative estimate of drug-likeness (QED) is 0.0211. The molecule has 9 nitrogen and oxygen atoms in total. The van der Waals surface area contributed by atoms with Crippen LogP contribution in [0, 0.1) is 0 Å². The number of unbranched alkanes of at least 4 members (excludes halogenated alkanes) is 19. The van der Waals surface area contributed by atoms with E-state index >= 15 is 0 Å². The van der Waals surface area contributed by atoms with Gasteiger partial charge in [0.15, 0.2) is 6.10 Å². The van der Waals surface area contributed by atoms with Crippen LogP contribution in [0.1, 0.15) is 271 Å². The molecule has 0 saturated heterocycles. The molecule has 2 unspecified atom stereocenters. The first-order chi connectivity index (χ1) is 47.6. The third kappa shape index (κ3) is 77.1. The number of carboxylic acid groups (broad SMARTS) is 1. The Kier molecular flexibility index (Phi) is 70.9. The lowest BCUT2D eigenvalue weighted by Crippen LogP contribution is -2.40. The molecule has 0 aliphatic carbocycles. The minimum atomic E-state index is -1.53. The standard InChI is InChI=1S/C88H139NO8/c1-6-8-10-12-14-16-18-20-22-24-26-28-30-32-34-36-38-39-40-41-42-43-44-45-46-47-49-50-52-54-56-58-60-62-64-66-68-70-72-74-76-78-85(90)95-82-84(83-96-88(87(92)93)94-81-80-89(3,4)5)97-86(91)79-77-75-73-71-69-67-65-63-61-59-57-55-53-51-48-37-35-33-31-29-27-25-23-21-19-17-15-13-11-9-7-2/h8-11,14-17,20-23,26-29,32-35,38-39,41-42,44-45,48,51,55,57,61,63,67,69,84,88H,6-7,12-13,18-19,24-25,30-31,36-37,40,43,46-47,49-50,52-54,56,58-60,62,64-66,68,70-83H2,1-5H3/p+1/b10-8-,11-9-,16-14-,17-15-,22-20-,23-21-,28-26-,29-27-,34-32-,35-33-,39-38-,42-41-,45-44-,51-48-,57-55-,63-61-,69-67-. The smallest absolute Gasteiger partial charge is 0.361 e. The summed E-state index contributed by atoms with van der Waals surface area (Å²) in [5.41, 5.74) is 0. The van der Waals surface area contributed by atoms with Crippen molar-refractivity contribution in [1.29, 1.82) is 0 Å². The lowest BCUT2D eigenvalue weighted by molar-refractivity contribution is -0.870. The van der Waals surface area contributed by atoms with Crippen molar-refractivity contribution in [2.75, 3.05) is 47.5 Å². The maximum Gasteiger partial charge on any atom is 0.361 e. The van der Waals surface area contributed by atoms with Crippen molar-refractivity contribution in [2.24, 2.45) is 0 Å². The second-order valence-corrected chi connectivity index (χ2v) is 25.8. The Morgan fingerprint density at radius 3 is 0.835 bits per heavy atom. The number of nitrogens with zero attached hydrogens (tertiary/aromatic N) is 1. The molecule has 0 saturated carbocycles. The van der Waals surface area contributed by atoms with Crippen molar-refractivity contribution in [3.63, 3.8) is 0 Å². The van der Waals surface area contributed by atoms with Crippen LogP contribution in [-0.4, -0.2) is 87.4 Å². The highest BCUT2D eigenvalue weighted by molar-refractivity contribution is 5.71. The summed E-state index contributed by atoms with van der Waals surface area (Å²) in [4.78, 5) is 37.7. The Labute approximate surface area is 594 Å². The van der Waals surface area contributed by atoms with Gasteiger partial charge in [-0.1, -0.05) is 317 Å². The molecule has 0 aromatic heterocycles. The van der Waals surface area contributed by atoms with Crippen LogP contribution in [0.25, 0.3) is 0 Å². The zero-order chi connectivity index (χ0) is 70.4. The van der Waals surface area contributed by atoms with Gasteiger partial charge in [0.2, 0.25) is 0 Å². The summed E-state index contributed by atoms with van der Waals surface area (Å²) in [7, 11) is 5.96. The number of likely N-dealkylation sites (N-methyl/N-ethyl adjacent to an activating group) is 1. The van der Waals surface area contributed by atoms with E-state index in [1.54, 1.807) is 0 Å². The van der Waals surface area contributed by atoms with Crippen LogP contribution in [0.5, 0.6) is 0 Å². The summed E-state index contributed by atoms with van der Waals surface area (Å²) in [5.74, 6) is -2.07. The van der Waals surface area contributed by atoms with E-state index in [1.807, 2.05) is 21.1 Å². The van der Waals surface area contributed by atoms with E-state index in [0.29, 0.717) is 17.4 Å². The number of hydrogen-bond acceptors (Lipinski definition) is 7. The van der Waals surface area contributed by atoms with Crippen molar-refractivity contribution in [3.8, 4) is 0 Å². The fourth-order valence-electron chi connectivity index (χ4n) is 9.79. The third-order valence-electron chi connectivity index (χ3n) is 15.5. The number of carboxylic acids is 1. The predicted molar refractivity (Wildman–Crippen MR) is 418 cm³/mol. The van der Waals surface area contributed by atoms with Gasteiger partial charge in [-0.15, -0.1) is 0 Å². The molecule has 0 radical (unpaired) electrons. The number of esters is 2. The molecule has 0 aliphatic heterocycles. The number of quaternary nitrogens is 1. The minimum absolute atomic E-state index is 0.171. The predicted octanol–water partition coefficient (Wildman–Crippen LogP) is 24.7. The number of carbonyl (C=O) groups excluding carboxylic acids is 2. The Bertz CT molecular complexity index is 2350. The zero-order valence-electron chi connectivity index (χ0n) is 62.1. The lowest BCUT2D eigenvalue weighted by Gasteiger charge is -2.25. The van der Waals surface area contributed by atoms with Crippen LogP contribution in [-0.2, 0) is 33.3 Å². The summed E-state index contributed by atoms with van der Waals surface area (Å²) in [5, 5.41) is 9.76. The number of rotatable bonds is 68. The van der Waals surface area contributed by atoms with E-state index in [-0.39, 0.29) is 38.6 Å². The van der Waals surface area contributed by atoms with E-state index in [1.165, 1.54) is 89.9 Å². The number of hydrogen-bond donors (Lipinski definition) is 1. The second-order valence-electron chi connectivity index (χ2n) is 25.8. The van der Waals surface area contributed by atoms with Crippen molar-refractivity contribution in [1.82, 2.24) is 0 Å². The second kappa shape index (κ2) is 75.6. The summed E-state index contributed by atoms with van der Waals surface area (Å²) >= 11 is 0. The molecular weight excluding hydrogens is 1200 g/mol. The van der Waals surface area contributed by atoms with Crippen LogP contribution in [0.15, 0.2) is 207 Å². The van der Waals surface area contributed by atoms with Gasteiger partial charge in [0.1, 0.15) is 13.2 Å². The first kappa shape index (κ1) is 90.9. The molecule has 0 rings (SSSR count). The highest BCUT2D eigenvalue weighted by Crippen LogP contribution is 2.16. The highest BCUT2D eigenvalue weighted by Gasteiger charge is 2.25. The summed E-state index contributed by atoms with van der Waals surface area (Å²) < 4.78 is 23.0. The molecule has 544 valence electrons. The van der Waals surface area contributed by atoms with Crippen LogP contribution >= 0.6 is 0 Å². The van der Waals surface area contributed by atoms with Crippen LogP contribution in [0.2, 0.25) is 0 Å². The van der Waals surface area contributed by atoms with Crippen LogP contribution in [0.3, 0.4) is 0 Å². The zero-order valence-corrected chi connectivity index (χ0v) is 62.1. The Balaban J connectivity index is 4.16. The van der Waals surface area contributed by atoms with Crippen molar-refractivity contribution in [2.45, 2.75) is 283 Å². The van der Waals surface area contributed by atoms with E-state index in [4.69, 9.17) is 18.9 Å². The summed E-state index contributed by atoms with van der Waals surface area (Å²) in [6.45, 7) is 4.59. The molecular formula is C88H140NO8+. The van der Waals surface area contributed by atoms with Gasteiger partial charge in [-0.3, -0.25) is 9.59 Å². The topological polar surface area (TPSA) is 108 Å². The molecule has 0 spiro atoms. The monoisotopic (exact) mass is 1340 g/mol. The van der Waals surface area contributed by atoms with Gasteiger partial charge >= 0.3 is 17.9 Å². The largest absolute Gasteiger partial charge is 0.477 e. The average Bonchev–Trinajstić information content (AvgIpc) is 2.39. The molecule has 0 fully saturated rings. The lowest BCUT2D eigenvalue weighted by atomic mass is 10.0. The molecule has 97 heavy (non-hydrogen) atoms. The molecule has 0 aromatic carbocycles. The maximum atomic E-state index is 13.0. The van der Waals surface area contributed by atoms with E-state index in [9.17, 15) is 19.5 Å². The number of ether oxygens (including phenoxy) is 4. The third-order valence-corrected chi connectivity index (χ3v) is 15.5. The molecule has 0 aromatic rings. The number of carbonyl (C=O) groups is 3. The van der Waals surface area contributed by atoms with Gasteiger partial charge in [0, 0.05) is 12.8 Å². The Hall–Kier alpha value is -6.13. The fraction of sp³-hybridized carbons (Fsp3) is 0.580. The van der Waals surface area contributed by atoms with Gasteiger partial charge in [0.25, 0.3) is 6.29 Å². The van der Waals surface area contributed by atoms with Gasteiger partial charge in [-0.2, -0.15) is 0 Å². The van der Waals surface area contributed by atoms with Gasteiger partial charge in [-0.25, -0.2) is 4.79 Å². The maximum absolute atomic E-state index is 13.0. The molecule has 0 bridgehead atoms. The fourth-order valence-corrected chi connectivity index (χ4v) is 9.79. The molecule has 0 heterocycles. The first-order valence-corrected chi connectivity index (χ1v) is 38.2. The van der Waals surface area contributed by atoms with Gasteiger partial charge < -0.3 is 28.5 Å². The minimum Gasteiger partial charge on any atom is -0.477 e. The van der Waals surface area contributed by atoms with Crippen molar-refractivity contribution < 1.29 is 42.9 Å². The molecule has 2 atom stereocenters. The Morgan fingerprint density at radius 1 is 0.309 bits per heavy atom. The molecule has 1 N–H and O–H groups in total. The number of aliphatic carboxylic acids is 1. The van der Waals surface area contributed by atoms with E-state index < -0.39 is 24.3 Å². The van der Waals surface area contributed by atoms with Crippen molar-refractivity contribution >= 4 is 17.9 Å². The normalized spacial score (nSPS) is 13.9. The van der Waals surface area contributed by atoms with Crippen LogP contribution < -0.4 is 0 Å². The first-order valence-electron chi connectivity index (χ1n) is 38.2. The average molecular weight is 1340 g/mol. The molecule has 0 amide bonds. The van der Waals surface area contributed by atoms with Crippen LogP contribution in [0.4, 0.5) is 0 Å². The van der Waals surface area contributed by atoms with Crippen molar-refractivity contribution in [3.05, 3.63) is 207 Å².